The maximum absolute atomic E-state index is 12.6. The minimum absolute atomic E-state index is 0.102. The monoisotopic (exact) mass is 352 g/mol. The first-order valence-electron chi connectivity index (χ1n) is 6.79. The van der Waals surface area contributed by atoms with E-state index in [1.54, 1.807) is 20.2 Å². The predicted molar refractivity (Wildman–Crippen MR) is 88.5 cm³/mol. The highest BCUT2D eigenvalue weighted by molar-refractivity contribution is 7.89. The molecule has 0 radical (unpaired) electrons. The van der Waals surface area contributed by atoms with Gasteiger partial charge in [-0.2, -0.15) is 0 Å². The number of hydrogen-bond acceptors (Lipinski definition) is 3. The molecule has 0 aliphatic carbocycles. The van der Waals surface area contributed by atoms with Gasteiger partial charge in [-0.15, -0.1) is 0 Å². The van der Waals surface area contributed by atoms with Crippen molar-refractivity contribution in [2.45, 2.75) is 31.7 Å². The molecule has 0 saturated carbocycles. The summed E-state index contributed by atoms with van der Waals surface area (Å²) in [6.07, 6.45) is 0.796. The Morgan fingerprint density at radius 3 is 2.38 bits per heavy atom. The maximum Gasteiger partial charge on any atom is 0.244 e. The van der Waals surface area contributed by atoms with Crippen molar-refractivity contribution in [3.63, 3.8) is 0 Å². The van der Waals surface area contributed by atoms with Crippen LogP contribution in [-0.4, -0.2) is 33.4 Å². The summed E-state index contributed by atoms with van der Waals surface area (Å²) in [4.78, 5) is 0.102. The zero-order valence-electron chi connectivity index (χ0n) is 12.8. The number of benzene rings is 1. The van der Waals surface area contributed by atoms with Crippen LogP contribution < -0.4 is 5.32 Å². The molecule has 1 aromatic rings. The Morgan fingerprint density at radius 1 is 1.24 bits per heavy atom. The maximum atomic E-state index is 12.6. The van der Waals surface area contributed by atoms with Crippen molar-refractivity contribution in [1.82, 2.24) is 9.62 Å². The van der Waals surface area contributed by atoms with E-state index in [2.05, 4.69) is 19.2 Å². The Morgan fingerprint density at radius 2 is 1.86 bits per heavy atom. The zero-order valence-corrected chi connectivity index (χ0v) is 15.1. The second-order valence-electron chi connectivity index (χ2n) is 5.41. The van der Waals surface area contributed by atoms with Crippen molar-refractivity contribution < 1.29 is 8.42 Å². The van der Waals surface area contributed by atoms with E-state index in [4.69, 9.17) is 23.2 Å². The average Bonchev–Trinajstić information content (AvgIpc) is 2.38. The Labute approximate surface area is 137 Å². The highest BCUT2D eigenvalue weighted by atomic mass is 35.5. The lowest BCUT2D eigenvalue weighted by Crippen LogP contribution is -2.29. The smallest absolute Gasteiger partial charge is 0.244 e. The van der Waals surface area contributed by atoms with Gasteiger partial charge in [-0.1, -0.05) is 37.0 Å². The van der Waals surface area contributed by atoms with Crippen LogP contribution in [0.2, 0.25) is 10.0 Å². The van der Waals surface area contributed by atoms with Gasteiger partial charge >= 0.3 is 0 Å². The largest absolute Gasteiger partial charge is 0.316 e. The zero-order chi connectivity index (χ0) is 16.2. The molecule has 21 heavy (non-hydrogen) atoms. The molecule has 120 valence electrons. The Balaban J connectivity index is 3.15. The van der Waals surface area contributed by atoms with Crippen LogP contribution in [0.4, 0.5) is 0 Å². The number of sulfonamides is 1. The van der Waals surface area contributed by atoms with Gasteiger partial charge in [0, 0.05) is 25.2 Å². The van der Waals surface area contributed by atoms with Crippen molar-refractivity contribution in [2.24, 2.45) is 5.92 Å². The summed E-state index contributed by atoms with van der Waals surface area (Å²) < 4.78 is 26.6. The summed E-state index contributed by atoms with van der Waals surface area (Å²) in [6, 6.07) is 3.03. The van der Waals surface area contributed by atoms with Gasteiger partial charge in [-0.3, -0.25) is 0 Å². The lowest BCUT2D eigenvalue weighted by Gasteiger charge is -2.20. The number of nitrogens with one attached hydrogen (secondary N) is 1. The average molecular weight is 353 g/mol. The molecule has 7 heteroatoms. The third kappa shape index (κ3) is 4.83. The van der Waals surface area contributed by atoms with E-state index < -0.39 is 10.0 Å². The van der Waals surface area contributed by atoms with Gasteiger partial charge in [-0.05, 0) is 37.1 Å². The Bertz CT molecular complexity index is 589. The van der Waals surface area contributed by atoms with Gasteiger partial charge in [0.1, 0.15) is 4.90 Å². The van der Waals surface area contributed by atoms with Gasteiger partial charge in [-0.25, -0.2) is 12.7 Å². The Hall–Kier alpha value is -0.330. The Kier molecular flexibility index (Phi) is 6.94. The van der Waals surface area contributed by atoms with Gasteiger partial charge in [0.25, 0.3) is 0 Å². The highest BCUT2D eigenvalue weighted by Crippen LogP contribution is 2.30. The van der Waals surface area contributed by atoms with Crippen molar-refractivity contribution in [3.8, 4) is 0 Å². The van der Waals surface area contributed by atoms with Crippen LogP contribution in [0, 0.1) is 5.92 Å². The first kappa shape index (κ1) is 18.7. The fourth-order valence-electron chi connectivity index (χ4n) is 1.82. The summed E-state index contributed by atoms with van der Waals surface area (Å²) in [5, 5.41) is 3.56. The molecule has 4 nitrogen and oxygen atoms in total. The van der Waals surface area contributed by atoms with Crippen molar-refractivity contribution in [1.29, 1.82) is 0 Å². The first-order valence-corrected chi connectivity index (χ1v) is 8.98. The lowest BCUT2D eigenvalue weighted by molar-refractivity contribution is 0.428. The normalized spacial score (nSPS) is 12.4. The molecule has 0 heterocycles. The molecular weight excluding hydrogens is 331 g/mol. The number of halogens is 2. The van der Waals surface area contributed by atoms with Crippen molar-refractivity contribution >= 4 is 33.2 Å². The molecule has 0 unspecified atom stereocenters. The fourth-order valence-corrected chi connectivity index (χ4v) is 3.84. The molecule has 0 atom stereocenters. The summed E-state index contributed by atoms with van der Waals surface area (Å²) >= 11 is 12.2. The van der Waals surface area contributed by atoms with Crippen LogP contribution in [0.3, 0.4) is 0 Å². The van der Waals surface area contributed by atoms with Gasteiger partial charge in [0.2, 0.25) is 10.0 Å². The van der Waals surface area contributed by atoms with Crippen LogP contribution in [0.1, 0.15) is 25.8 Å². The molecule has 0 amide bonds. The van der Waals surface area contributed by atoms with E-state index in [9.17, 15) is 8.42 Å². The summed E-state index contributed by atoms with van der Waals surface area (Å²) in [6.45, 7) is 5.05. The number of hydrogen-bond donors (Lipinski definition) is 1. The topological polar surface area (TPSA) is 49.4 Å². The van der Waals surface area contributed by atoms with E-state index in [1.165, 1.54) is 10.4 Å². The second-order valence-corrected chi connectivity index (χ2v) is 8.24. The highest BCUT2D eigenvalue weighted by Gasteiger charge is 2.24. The summed E-state index contributed by atoms with van der Waals surface area (Å²) in [5.41, 5.74) is 0.708. The quantitative estimate of drug-likeness (QED) is 0.818. The molecule has 0 saturated heterocycles. The third-order valence-electron chi connectivity index (χ3n) is 3.18. The molecule has 0 aliphatic rings. The standard InChI is InChI=1S/C14H22Cl2N2O2S/c1-10(2)5-6-18(4)21(19,20)14-7-11(9-17-3)12(15)8-13(14)16/h7-8,10,17H,5-6,9H2,1-4H3. The molecule has 0 aromatic heterocycles. The van der Waals surface area contributed by atoms with E-state index in [-0.39, 0.29) is 9.92 Å². The fraction of sp³-hybridized carbons (Fsp3) is 0.571. The molecule has 0 spiro atoms. The van der Waals surface area contributed by atoms with Gasteiger partial charge < -0.3 is 5.32 Å². The molecule has 0 fully saturated rings. The van der Waals surface area contributed by atoms with E-state index in [0.717, 1.165) is 6.42 Å². The van der Waals surface area contributed by atoms with Crippen molar-refractivity contribution in [2.75, 3.05) is 20.6 Å². The molecule has 1 rings (SSSR count). The van der Waals surface area contributed by atoms with Crippen LogP contribution in [0.5, 0.6) is 0 Å². The molecule has 0 aliphatic heterocycles. The number of nitrogens with zero attached hydrogens (tertiary/aromatic N) is 1. The van der Waals surface area contributed by atoms with E-state index in [0.29, 0.717) is 29.6 Å². The number of rotatable bonds is 7. The second kappa shape index (κ2) is 7.79. The lowest BCUT2D eigenvalue weighted by atomic mass is 10.1. The first-order chi connectivity index (χ1) is 9.70. The van der Waals surface area contributed by atoms with Gasteiger partial charge in [0.15, 0.2) is 0 Å². The predicted octanol–water partition coefficient (Wildman–Crippen LogP) is 3.38. The molecule has 1 aromatic carbocycles. The minimum Gasteiger partial charge on any atom is -0.316 e. The summed E-state index contributed by atoms with van der Waals surface area (Å²) in [5.74, 6) is 0.434. The van der Waals surface area contributed by atoms with Gasteiger partial charge in [0.05, 0.1) is 5.02 Å². The molecule has 1 N–H and O–H groups in total. The van der Waals surface area contributed by atoms with E-state index in [1.807, 2.05) is 0 Å². The third-order valence-corrected chi connectivity index (χ3v) is 5.85. The van der Waals surface area contributed by atoms with Crippen LogP contribution >= 0.6 is 23.2 Å². The van der Waals surface area contributed by atoms with Crippen LogP contribution in [-0.2, 0) is 16.6 Å². The van der Waals surface area contributed by atoms with Crippen molar-refractivity contribution in [3.05, 3.63) is 27.7 Å². The summed E-state index contributed by atoms with van der Waals surface area (Å²) in [7, 11) is -0.266. The van der Waals surface area contributed by atoms with E-state index >= 15 is 0 Å². The SMILES string of the molecule is CNCc1cc(S(=O)(=O)N(C)CCC(C)C)c(Cl)cc1Cl. The van der Waals surface area contributed by atoms with Crippen LogP contribution in [0.25, 0.3) is 0 Å². The molecular formula is C14H22Cl2N2O2S. The van der Waals surface area contributed by atoms with Crippen LogP contribution in [0.15, 0.2) is 17.0 Å². The molecule has 0 bridgehead atoms. The minimum atomic E-state index is -3.61.